The van der Waals surface area contributed by atoms with E-state index in [1.807, 2.05) is 24.3 Å². The van der Waals surface area contributed by atoms with E-state index in [-0.39, 0.29) is 18.9 Å². The number of nitrogens with one attached hydrogen (secondary N) is 1. The standard InChI is InChI=1S/C37H53NO6/c1-2-3-4-5-6-7-8-9-10-11-12-13-18-24-37(43-26-27-44-37)25-23-34(35(39)40)38-36(41)42-28-33-31-21-16-14-19-29(31)30-20-15-17-22-32(30)33/h14-17,19-22,33-34H,2-13,18,23-28H2,1H3,(H,38,41)(H,39,40)/t34-/m0/s1. The van der Waals surface area contributed by atoms with Gasteiger partial charge in [-0.25, -0.2) is 9.59 Å². The fourth-order valence-corrected chi connectivity index (χ4v) is 6.73. The summed E-state index contributed by atoms with van der Waals surface area (Å²) in [4.78, 5) is 24.8. The third kappa shape index (κ3) is 10.1. The molecule has 44 heavy (non-hydrogen) atoms. The molecule has 2 N–H and O–H groups in total. The molecule has 1 heterocycles. The van der Waals surface area contributed by atoms with E-state index < -0.39 is 23.9 Å². The molecule has 1 atom stereocenters. The topological polar surface area (TPSA) is 94.1 Å². The zero-order chi connectivity index (χ0) is 31.0. The summed E-state index contributed by atoms with van der Waals surface area (Å²) in [6, 6.07) is 15.2. The van der Waals surface area contributed by atoms with Crippen LogP contribution in [0.1, 0.15) is 127 Å². The molecule has 242 valence electrons. The van der Waals surface area contributed by atoms with Gasteiger partial charge in [0.2, 0.25) is 0 Å². The Bertz CT molecular complexity index is 1110. The van der Waals surface area contributed by atoms with Gasteiger partial charge in [-0.05, 0) is 35.1 Å². The van der Waals surface area contributed by atoms with Crippen LogP contribution in [0, 0.1) is 0 Å². The highest BCUT2D eigenvalue weighted by Crippen LogP contribution is 2.44. The lowest BCUT2D eigenvalue weighted by atomic mass is 9.98. The number of rotatable bonds is 21. The molecule has 7 nitrogen and oxygen atoms in total. The van der Waals surface area contributed by atoms with Crippen LogP contribution in [0.2, 0.25) is 0 Å². The summed E-state index contributed by atoms with van der Waals surface area (Å²) in [6.07, 6.45) is 17.4. The number of amides is 1. The van der Waals surface area contributed by atoms with Gasteiger partial charge in [0, 0.05) is 18.8 Å². The Morgan fingerprint density at radius 3 is 1.82 bits per heavy atom. The van der Waals surface area contributed by atoms with Gasteiger partial charge < -0.3 is 24.6 Å². The first kappa shape index (κ1) is 34.0. The maximum atomic E-state index is 12.8. The van der Waals surface area contributed by atoms with E-state index in [4.69, 9.17) is 14.2 Å². The highest BCUT2D eigenvalue weighted by atomic mass is 16.7. The Balaban J connectivity index is 1.15. The molecule has 0 saturated carbocycles. The summed E-state index contributed by atoms with van der Waals surface area (Å²) < 4.78 is 17.6. The molecule has 1 fully saturated rings. The average molecular weight is 608 g/mol. The van der Waals surface area contributed by atoms with E-state index in [0.717, 1.165) is 41.5 Å². The van der Waals surface area contributed by atoms with Crippen LogP contribution in [0.3, 0.4) is 0 Å². The highest BCUT2D eigenvalue weighted by Gasteiger charge is 2.37. The number of carboxylic acid groups (broad SMARTS) is 1. The van der Waals surface area contributed by atoms with Crippen molar-refractivity contribution in [3.63, 3.8) is 0 Å². The van der Waals surface area contributed by atoms with E-state index in [0.29, 0.717) is 19.6 Å². The minimum Gasteiger partial charge on any atom is -0.480 e. The Hall–Kier alpha value is -2.90. The Labute approximate surface area is 264 Å². The van der Waals surface area contributed by atoms with Crippen molar-refractivity contribution in [1.82, 2.24) is 5.32 Å². The van der Waals surface area contributed by atoms with Gasteiger partial charge in [-0.2, -0.15) is 0 Å². The predicted octanol–water partition coefficient (Wildman–Crippen LogP) is 8.98. The van der Waals surface area contributed by atoms with E-state index in [2.05, 4.69) is 36.5 Å². The maximum Gasteiger partial charge on any atom is 0.407 e. The number of unbranched alkanes of at least 4 members (excludes halogenated alkanes) is 12. The second kappa shape index (κ2) is 18.2. The fourth-order valence-electron chi connectivity index (χ4n) is 6.73. The van der Waals surface area contributed by atoms with Crippen molar-refractivity contribution in [3.8, 4) is 11.1 Å². The first-order valence-electron chi connectivity index (χ1n) is 17.2. The number of benzene rings is 2. The van der Waals surface area contributed by atoms with Crippen molar-refractivity contribution in [1.29, 1.82) is 0 Å². The summed E-state index contributed by atoms with van der Waals surface area (Å²) in [5.41, 5.74) is 4.51. The summed E-state index contributed by atoms with van der Waals surface area (Å²) >= 11 is 0. The van der Waals surface area contributed by atoms with Gasteiger partial charge in [-0.15, -0.1) is 0 Å². The number of aliphatic carboxylic acids is 1. The molecular weight excluding hydrogens is 554 g/mol. The van der Waals surface area contributed by atoms with Gasteiger partial charge in [-0.1, -0.05) is 133 Å². The molecule has 0 spiro atoms. The molecule has 1 aliphatic carbocycles. The first-order chi connectivity index (χ1) is 21.5. The molecular formula is C37H53NO6. The van der Waals surface area contributed by atoms with Crippen LogP contribution in [0.25, 0.3) is 11.1 Å². The predicted molar refractivity (Wildman–Crippen MR) is 174 cm³/mol. The number of carboxylic acids is 1. The van der Waals surface area contributed by atoms with Crippen LogP contribution in [0.4, 0.5) is 4.79 Å². The monoisotopic (exact) mass is 607 g/mol. The Kier molecular flexibility index (Phi) is 14.0. The molecule has 1 saturated heterocycles. The number of hydrogen-bond donors (Lipinski definition) is 2. The number of carbonyl (C=O) groups is 2. The molecule has 1 amide bonds. The minimum atomic E-state index is -1.09. The molecule has 7 heteroatoms. The molecule has 2 aliphatic rings. The van der Waals surface area contributed by atoms with Crippen molar-refractivity contribution in [2.75, 3.05) is 19.8 Å². The lowest BCUT2D eigenvalue weighted by molar-refractivity contribution is -0.170. The maximum absolute atomic E-state index is 12.8. The molecule has 1 aliphatic heterocycles. The summed E-state index contributed by atoms with van der Waals surface area (Å²) in [5, 5.41) is 12.4. The third-order valence-corrected chi connectivity index (χ3v) is 9.22. The van der Waals surface area contributed by atoms with Crippen molar-refractivity contribution in [2.45, 2.75) is 127 Å². The van der Waals surface area contributed by atoms with Crippen LogP contribution in [-0.2, 0) is 19.0 Å². The molecule has 2 aromatic rings. The van der Waals surface area contributed by atoms with E-state index >= 15 is 0 Å². The minimum absolute atomic E-state index is 0.0830. The first-order valence-corrected chi connectivity index (χ1v) is 17.2. The summed E-state index contributed by atoms with van der Waals surface area (Å²) in [7, 11) is 0. The normalized spacial score (nSPS) is 15.9. The van der Waals surface area contributed by atoms with Crippen molar-refractivity contribution in [3.05, 3.63) is 59.7 Å². The van der Waals surface area contributed by atoms with Gasteiger partial charge in [0.05, 0.1) is 13.2 Å². The van der Waals surface area contributed by atoms with E-state index in [9.17, 15) is 14.7 Å². The molecule has 0 aromatic heterocycles. The second-order valence-corrected chi connectivity index (χ2v) is 12.5. The zero-order valence-corrected chi connectivity index (χ0v) is 26.7. The number of alkyl carbamates (subject to hydrolysis) is 1. The lowest BCUT2D eigenvalue weighted by Crippen LogP contribution is -2.43. The Morgan fingerprint density at radius 1 is 0.795 bits per heavy atom. The van der Waals surface area contributed by atoms with E-state index in [1.165, 1.54) is 70.6 Å². The lowest BCUT2D eigenvalue weighted by Gasteiger charge is -2.29. The largest absolute Gasteiger partial charge is 0.480 e. The summed E-state index contributed by atoms with van der Waals surface area (Å²) in [6.45, 7) is 3.42. The Morgan fingerprint density at radius 2 is 1.30 bits per heavy atom. The van der Waals surface area contributed by atoms with Gasteiger partial charge >= 0.3 is 12.1 Å². The van der Waals surface area contributed by atoms with Crippen molar-refractivity contribution < 1.29 is 28.9 Å². The van der Waals surface area contributed by atoms with Crippen LogP contribution in [0.5, 0.6) is 0 Å². The molecule has 0 radical (unpaired) electrons. The van der Waals surface area contributed by atoms with Crippen molar-refractivity contribution in [2.24, 2.45) is 0 Å². The third-order valence-electron chi connectivity index (χ3n) is 9.22. The number of carbonyl (C=O) groups excluding carboxylic acids is 1. The van der Waals surface area contributed by atoms with Crippen LogP contribution in [0.15, 0.2) is 48.5 Å². The van der Waals surface area contributed by atoms with E-state index in [1.54, 1.807) is 0 Å². The average Bonchev–Trinajstić information content (AvgIpc) is 3.63. The quantitative estimate of drug-likeness (QED) is 0.138. The molecule has 4 rings (SSSR count). The zero-order valence-electron chi connectivity index (χ0n) is 26.7. The number of hydrogen-bond acceptors (Lipinski definition) is 5. The number of fused-ring (bicyclic) bond motifs is 3. The number of ether oxygens (including phenoxy) is 3. The van der Waals surface area contributed by atoms with Crippen molar-refractivity contribution >= 4 is 12.1 Å². The van der Waals surface area contributed by atoms with Crippen LogP contribution in [-0.4, -0.2) is 48.8 Å². The van der Waals surface area contributed by atoms with Gasteiger partial charge in [0.1, 0.15) is 12.6 Å². The molecule has 2 aromatic carbocycles. The van der Waals surface area contributed by atoms with Crippen LogP contribution >= 0.6 is 0 Å². The van der Waals surface area contributed by atoms with Gasteiger partial charge in [0.25, 0.3) is 0 Å². The summed E-state index contributed by atoms with van der Waals surface area (Å²) in [5.74, 6) is -1.94. The molecule has 0 unspecified atom stereocenters. The van der Waals surface area contributed by atoms with Crippen LogP contribution < -0.4 is 5.32 Å². The molecule has 0 bridgehead atoms. The smallest absolute Gasteiger partial charge is 0.407 e. The second-order valence-electron chi connectivity index (χ2n) is 12.5. The van der Waals surface area contributed by atoms with Gasteiger partial charge in [-0.3, -0.25) is 0 Å². The highest BCUT2D eigenvalue weighted by molar-refractivity contribution is 5.81. The van der Waals surface area contributed by atoms with Gasteiger partial charge in [0.15, 0.2) is 5.79 Å². The fraction of sp³-hybridized carbons (Fsp3) is 0.622. The SMILES string of the molecule is CCCCCCCCCCCCCCCC1(CC[C@H](NC(=O)OCC2c3ccccc3-c3ccccc32)C(=O)O)OCCO1.